The van der Waals surface area contributed by atoms with Gasteiger partial charge >= 0.3 is 39.5 Å². The molecule has 0 radical (unpaired) electrons. The van der Waals surface area contributed by atoms with Crippen LogP contribution in [0.5, 0.6) is 0 Å². The lowest BCUT2D eigenvalue weighted by Crippen LogP contribution is -2.30. The monoisotopic (exact) mass is 1370 g/mol. The Morgan fingerprint density at radius 3 is 0.763 bits per heavy atom. The van der Waals surface area contributed by atoms with Crippen molar-refractivity contribution in [2.24, 2.45) is 23.7 Å². The number of aliphatic hydroxyl groups excluding tert-OH is 1. The summed E-state index contributed by atoms with van der Waals surface area (Å²) in [4.78, 5) is 72.7. The first-order valence-corrected chi connectivity index (χ1v) is 41.3. The van der Waals surface area contributed by atoms with Crippen LogP contribution in [0.25, 0.3) is 0 Å². The number of esters is 4. The average Bonchev–Trinajstić information content (AvgIpc) is 1.60. The molecule has 0 aliphatic heterocycles. The van der Waals surface area contributed by atoms with Crippen molar-refractivity contribution in [2.45, 2.75) is 388 Å². The molecule has 0 heterocycles. The molecule has 3 N–H and O–H groups in total. The number of carbonyl (C=O) groups excluding carboxylic acids is 4. The molecule has 0 saturated heterocycles. The van der Waals surface area contributed by atoms with Crippen molar-refractivity contribution in [2.75, 3.05) is 39.6 Å². The number of phosphoric ester groups is 2. The van der Waals surface area contributed by atoms with E-state index in [-0.39, 0.29) is 25.7 Å². The Morgan fingerprint density at radius 1 is 0.301 bits per heavy atom. The number of phosphoric acid groups is 2. The van der Waals surface area contributed by atoms with E-state index in [0.29, 0.717) is 25.7 Å². The molecule has 17 nitrogen and oxygen atoms in total. The molecular weight excluding hydrogens is 1220 g/mol. The van der Waals surface area contributed by atoms with Gasteiger partial charge in [0.15, 0.2) is 12.2 Å². The fraction of sp³-hybridized carbons (Fsp3) is 0.946. The Morgan fingerprint density at radius 2 is 0.516 bits per heavy atom. The van der Waals surface area contributed by atoms with E-state index in [4.69, 9.17) is 37.0 Å². The second-order valence-corrected chi connectivity index (χ2v) is 31.0. The largest absolute Gasteiger partial charge is 0.472 e. The van der Waals surface area contributed by atoms with Crippen LogP contribution in [0.3, 0.4) is 0 Å². The molecule has 552 valence electrons. The summed E-state index contributed by atoms with van der Waals surface area (Å²) in [6.07, 6.45) is 47.1. The molecule has 0 fully saturated rings. The van der Waals surface area contributed by atoms with Crippen LogP contribution in [0.2, 0.25) is 0 Å². The molecule has 0 spiro atoms. The van der Waals surface area contributed by atoms with E-state index in [1.807, 2.05) is 0 Å². The highest BCUT2D eigenvalue weighted by molar-refractivity contribution is 7.47. The van der Waals surface area contributed by atoms with Gasteiger partial charge in [0.05, 0.1) is 26.4 Å². The fourth-order valence-corrected chi connectivity index (χ4v) is 12.7. The summed E-state index contributed by atoms with van der Waals surface area (Å²) in [6, 6.07) is 0. The number of hydrogen-bond donors (Lipinski definition) is 3. The van der Waals surface area contributed by atoms with Crippen molar-refractivity contribution in [1.29, 1.82) is 0 Å². The maximum atomic E-state index is 13.0. The van der Waals surface area contributed by atoms with Gasteiger partial charge in [-0.3, -0.25) is 37.3 Å². The van der Waals surface area contributed by atoms with Gasteiger partial charge in [0.25, 0.3) is 0 Å². The number of hydrogen-bond acceptors (Lipinski definition) is 15. The molecule has 0 saturated carbocycles. The Labute approximate surface area is 568 Å². The van der Waals surface area contributed by atoms with E-state index in [0.717, 1.165) is 120 Å². The summed E-state index contributed by atoms with van der Waals surface area (Å²) in [6.45, 7) is 14.2. The van der Waals surface area contributed by atoms with Crippen LogP contribution in [0.15, 0.2) is 0 Å². The van der Waals surface area contributed by atoms with Gasteiger partial charge in [-0.05, 0) is 49.4 Å². The van der Waals surface area contributed by atoms with Gasteiger partial charge in [-0.25, -0.2) is 9.13 Å². The predicted octanol–water partition coefficient (Wildman–Crippen LogP) is 21.3. The lowest BCUT2D eigenvalue weighted by molar-refractivity contribution is -0.161. The third kappa shape index (κ3) is 65.8. The molecule has 0 amide bonds. The number of aliphatic hydroxyl groups is 1. The minimum Gasteiger partial charge on any atom is -0.462 e. The van der Waals surface area contributed by atoms with E-state index in [9.17, 15) is 43.2 Å². The molecule has 0 aliphatic carbocycles. The second-order valence-electron chi connectivity index (χ2n) is 28.1. The summed E-state index contributed by atoms with van der Waals surface area (Å²) < 4.78 is 68.5. The van der Waals surface area contributed by atoms with Gasteiger partial charge in [0.2, 0.25) is 0 Å². The number of ether oxygens (including phenoxy) is 4. The smallest absolute Gasteiger partial charge is 0.462 e. The minimum atomic E-state index is -4.96. The molecule has 0 aromatic carbocycles. The Kier molecular flexibility index (Phi) is 62.2. The predicted molar refractivity (Wildman–Crippen MR) is 377 cm³/mol. The molecule has 0 aliphatic rings. The molecule has 0 rings (SSSR count). The van der Waals surface area contributed by atoms with E-state index in [1.54, 1.807) is 0 Å². The third-order valence-electron chi connectivity index (χ3n) is 17.8. The van der Waals surface area contributed by atoms with Gasteiger partial charge in [0.1, 0.15) is 19.3 Å². The van der Waals surface area contributed by atoms with Crippen LogP contribution >= 0.6 is 15.6 Å². The highest BCUT2D eigenvalue weighted by Crippen LogP contribution is 2.45. The first-order chi connectivity index (χ1) is 44.7. The molecule has 0 aromatic heterocycles. The van der Waals surface area contributed by atoms with Gasteiger partial charge in [-0.1, -0.05) is 319 Å². The molecule has 19 heteroatoms. The Bertz CT molecular complexity index is 1840. The Balaban J connectivity index is 5.25. The van der Waals surface area contributed by atoms with Crippen LogP contribution < -0.4 is 0 Å². The van der Waals surface area contributed by atoms with Crippen LogP contribution in [-0.2, 0) is 65.4 Å². The zero-order valence-corrected chi connectivity index (χ0v) is 62.7. The summed E-state index contributed by atoms with van der Waals surface area (Å²) in [5.41, 5.74) is 0. The lowest BCUT2D eigenvalue weighted by atomic mass is 9.99. The van der Waals surface area contributed by atoms with Crippen molar-refractivity contribution in [1.82, 2.24) is 0 Å². The molecule has 7 atom stereocenters. The normalized spacial score (nSPS) is 14.8. The van der Waals surface area contributed by atoms with Crippen molar-refractivity contribution in [3.63, 3.8) is 0 Å². The topological polar surface area (TPSA) is 237 Å². The third-order valence-corrected chi connectivity index (χ3v) is 19.7. The van der Waals surface area contributed by atoms with E-state index >= 15 is 0 Å². The SMILES string of the molecule is CCC(C)CCCCCCCCCCCCC(=O)O[C@H](COC(=O)CCCCCCCCCCCC(C)C)COP(=O)(O)OC[C@@H](O)COP(=O)(O)OC[C@@H](COC(=O)CCCCCCCCC(C)CC)OC(=O)CCCCCCCCCCCCCCCCC(C)C. The van der Waals surface area contributed by atoms with Crippen molar-refractivity contribution < 1.29 is 80.2 Å². The minimum absolute atomic E-state index is 0.105. The van der Waals surface area contributed by atoms with Crippen molar-refractivity contribution in [3.05, 3.63) is 0 Å². The molecule has 4 unspecified atom stereocenters. The van der Waals surface area contributed by atoms with Crippen LogP contribution in [-0.4, -0.2) is 96.7 Å². The highest BCUT2D eigenvalue weighted by Gasteiger charge is 2.30. The van der Waals surface area contributed by atoms with Crippen LogP contribution in [0.4, 0.5) is 0 Å². The maximum Gasteiger partial charge on any atom is 0.472 e. The van der Waals surface area contributed by atoms with Crippen molar-refractivity contribution >= 4 is 39.5 Å². The summed E-state index contributed by atoms with van der Waals surface area (Å²) in [7, 11) is -9.91. The quantitative estimate of drug-likeness (QED) is 0.0222. The van der Waals surface area contributed by atoms with Crippen molar-refractivity contribution in [3.8, 4) is 0 Å². The molecule has 0 aromatic rings. The standard InChI is InChI=1S/C74H144O17P2/c1-9-66(7)52-44-36-28-22-17-18-24-31-41-49-57-74(79)90-69(60-84-71(76)54-46-38-29-25-19-21-27-35-43-51-65(5)6)62-88-92(80,81)86-58-68(75)59-87-93(82,83)89-63-70(61-85-72(77)55-47-39-33-32-37-45-53-67(8)10-2)91-73(78)56-48-40-30-23-16-14-12-11-13-15-20-26-34-42-50-64(3)4/h64-70,75H,9-63H2,1-8H3,(H,80,81)(H,82,83)/t66?,67?,68-,69-,70-/m1/s1. The van der Waals surface area contributed by atoms with Gasteiger partial charge in [-0.2, -0.15) is 0 Å². The lowest BCUT2D eigenvalue weighted by Gasteiger charge is -2.21. The van der Waals surface area contributed by atoms with E-state index in [2.05, 4.69) is 55.4 Å². The summed E-state index contributed by atoms with van der Waals surface area (Å²) in [5, 5.41) is 10.6. The highest BCUT2D eigenvalue weighted by atomic mass is 31.2. The average molecular weight is 1370 g/mol. The first kappa shape index (κ1) is 91.1. The molecule has 0 bridgehead atoms. The maximum absolute atomic E-state index is 13.0. The number of carbonyl (C=O) groups is 4. The number of rotatable bonds is 71. The summed E-state index contributed by atoms with van der Waals surface area (Å²) in [5.74, 6) is 0.948. The fourth-order valence-electron chi connectivity index (χ4n) is 11.1. The van der Waals surface area contributed by atoms with Crippen LogP contribution in [0.1, 0.15) is 370 Å². The van der Waals surface area contributed by atoms with E-state index in [1.165, 1.54) is 167 Å². The zero-order valence-electron chi connectivity index (χ0n) is 60.9. The zero-order chi connectivity index (χ0) is 68.9. The Hall–Kier alpha value is -1.94. The van der Waals surface area contributed by atoms with Crippen LogP contribution in [0, 0.1) is 23.7 Å². The second kappa shape index (κ2) is 63.5. The first-order valence-electron chi connectivity index (χ1n) is 38.3. The van der Waals surface area contributed by atoms with Gasteiger partial charge < -0.3 is 33.8 Å². The number of unbranched alkanes of at least 4 members (excludes halogenated alkanes) is 35. The molecule has 93 heavy (non-hydrogen) atoms. The van der Waals surface area contributed by atoms with Gasteiger partial charge in [0, 0.05) is 25.7 Å². The summed E-state index contributed by atoms with van der Waals surface area (Å²) >= 11 is 0. The van der Waals surface area contributed by atoms with Gasteiger partial charge in [-0.15, -0.1) is 0 Å². The molecular formula is C74H144O17P2. The van der Waals surface area contributed by atoms with E-state index < -0.39 is 97.5 Å².